The van der Waals surface area contributed by atoms with Gasteiger partial charge in [-0.3, -0.25) is 4.98 Å². The summed E-state index contributed by atoms with van der Waals surface area (Å²) in [6, 6.07) is 4.40. The van der Waals surface area contributed by atoms with Crippen molar-refractivity contribution >= 4 is 23.2 Å². The number of hydrogen-bond acceptors (Lipinski definition) is 7. The molecule has 0 radical (unpaired) electrons. The maximum Gasteiger partial charge on any atom is 0.407 e. The Balaban J connectivity index is 1.41. The lowest BCUT2D eigenvalue weighted by molar-refractivity contribution is 0.105. The van der Waals surface area contributed by atoms with Crippen LogP contribution in [0, 0.1) is 12.7 Å². The highest BCUT2D eigenvalue weighted by Crippen LogP contribution is 2.34. The van der Waals surface area contributed by atoms with Gasteiger partial charge in [-0.15, -0.1) is 5.10 Å². The van der Waals surface area contributed by atoms with Gasteiger partial charge >= 0.3 is 6.09 Å². The molecule has 188 valence electrons. The van der Waals surface area contributed by atoms with Crippen molar-refractivity contribution in [1.29, 1.82) is 0 Å². The standard InChI is InChI=1S/C23H23ClFN7O4/c1-13-21(28-29-32(13)16-4-6-30(7-5-16)23(34)35)14-8-20(22-17(24)10-27-31(22)11-14)36-12-19(33)18-3-2-15(25)9-26-18/h2-3,8-11,16,19,33H,4-7,12H2,1H3,(H,34,35). The zero-order valence-corrected chi connectivity index (χ0v) is 20.0. The number of ether oxygens (including phenoxy) is 1. The molecule has 0 aliphatic carbocycles. The van der Waals surface area contributed by atoms with Crippen LogP contribution < -0.4 is 4.74 Å². The molecule has 1 fully saturated rings. The summed E-state index contributed by atoms with van der Waals surface area (Å²) in [5.41, 5.74) is 2.91. The normalized spacial score (nSPS) is 15.4. The molecule has 4 aromatic heterocycles. The molecule has 5 rings (SSSR count). The number of rotatable bonds is 6. The van der Waals surface area contributed by atoms with Crippen molar-refractivity contribution in [3.63, 3.8) is 0 Å². The molecular formula is C23H23ClFN7O4. The zero-order chi connectivity index (χ0) is 25.4. The first-order chi connectivity index (χ1) is 17.3. The number of hydrogen-bond donors (Lipinski definition) is 2. The lowest BCUT2D eigenvalue weighted by atomic mass is 10.0. The van der Waals surface area contributed by atoms with E-state index < -0.39 is 18.0 Å². The summed E-state index contributed by atoms with van der Waals surface area (Å²) in [6.45, 7) is 2.64. The number of fused-ring (bicyclic) bond motifs is 1. The van der Waals surface area contributed by atoms with Crippen molar-refractivity contribution in [2.24, 2.45) is 0 Å². The Kier molecular flexibility index (Phi) is 6.46. The van der Waals surface area contributed by atoms with Crippen molar-refractivity contribution in [1.82, 2.24) is 34.5 Å². The van der Waals surface area contributed by atoms with Gasteiger partial charge in [0.25, 0.3) is 0 Å². The number of aliphatic hydroxyl groups excluding tert-OH is 1. The summed E-state index contributed by atoms with van der Waals surface area (Å²) in [6.07, 6.45) is 3.58. The first-order valence-corrected chi connectivity index (χ1v) is 11.7. The second-order valence-electron chi connectivity index (χ2n) is 8.58. The molecule has 0 spiro atoms. The number of aromatic nitrogens is 6. The van der Waals surface area contributed by atoms with Crippen LogP contribution in [-0.2, 0) is 0 Å². The van der Waals surface area contributed by atoms with E-state index in [1.807, 2.05) is 11.6 Å². The van der Waals surface area contributed by atoms with E-state index >= 15 is 0 Å². The van der Waals surface area contributed by atoms with Crippen molar-refractivity contribution in [2.75, 3.05) is 19.7 Å². The second kappa shape index (κ2) is 9.70. The lowest BCUT2D eigenvalue weighted by Gasteiger charge is -2.30. The molecule has 1 aliphatic heterocycles. The van der Waals surface area contributed by atoms with E-state index in [0.717, 1.165) is 11.9 Å². The zero-order valence-electron chi connectivity index (χ0n) is 19.3. The molecule has 0 bridgehead atoms. The summed E-state index contributed by atoms with van der Waals surface area (Å²) in [5.74, 6) is -0.122. The second-order valence-corrected chi connectivity index (χ2v) is 8.98. The van der Waals surface area contributed by atoms with E-state index in [2.05, 4.69) is 20.4 Å². The fraction of sp³-hybridized carbons (Fsp3) is 0.348. The van der Waals surface area contributed by atoms with Crippen molar-refractivity contribution < 1.29 is 24.1 Å². The first kappa shape index (κ1) is 23.9. The van der Waals surface area contributed by atoms with Gasteiger partial charge in [0.1, 0.15) is 35.5 Å². The fourth-order valence-corrected chi connectivity index (χ4v) is 4.61. The van der Waals surface area contributed by atoms with Gasteiger partial charge in [0, 0.05) is 24.8 Å². The number of nitrogens with zero attached hydrogens (tertiary/aromatic N) is 7. The Morgan fingerprint density at radius 3 is 2.78 bits per heavy atom. The Hall–Kier alpha value is -3.77. The molecule has 13 heteroatoms. The summed E-state index contributed by atoms with van der Waals surface area (Å²) >= 11 is 6.34. The Morgan fingerprint density at radius 1 is 1.31 bits per heavy atom. The molecule has 36 heavy (non-hydrogen) atoms. The highest BCUT2D eigenvalue weighted by molar-refractivity contribution is 6.34. The Bertz CT molecular complexity index is 1400. The number of halogens is 2. The van der Waals surface area contributed by atoms with Gasteiger partial charge in [-0.25, -0.2) is 18.4 Å². The average molecular weight is 516 g/mol. The molecule has 1 saturated heterocycles. The van der Waals surface area contributed by atoms with Crippen LogP contribution in [0.3, 0.4) is 0 Å². The van der Waals surface area contributed by atoms with Gasteiger partial charge in [0.05, 0.1) is 34.8 Å². The van der Waals surface area contributed by atoms with E-state index in [1.54, 1.807) is 16.8 Å². The third-order valence-corrected chi connectivity index (χ3v) is 6.58. The molecule has 0 saturated carbocycles. The number of likely N-dealkylation sites (tertiary alicyclic amines) is 1. The molecule has 1 amide bonds. The number of aliphatic hydroxyl groups is 1. The largest absolute Gasteiger partial charge is 0.488 e. The van der Waals surface area contributed by atoms with Crippen LogP contribution in [0.2, 0.25) is 5.02 Å². The number of carbonyl (C=O) groups is 1. The van der Waals surface area contributed by atoms with Crippen molar-refractivity contribution in [3.8, 4) is 17.0 Å². The fourth-order valence-electron chi connectivity index (χ4n) is 4.38. The van der Waals surface area contributed by atoms with E-state index in [1.165, 1.54) is 23.2 Å². The topological polar surface area (TPSA) is 131 Å². The summed E-state index contributed by atoms with van der Waals surface area (Å²) in [7, 11) is 0. The van der Waals surface area contributed by atoms with E-state index in [9.17, 15) is 19.4 Å². The SMILES string of the molecule is Cc1c(-c2cc(OCC(O)c3ccc(F)cn3)c3c(Cl)cnn3c2)nnn1C1CCN(C(=O)O)CC1. The van der Waals surface area contributed by atoms with Gasteiger partial charge < -0.3 is 19.8 Å². The molecule has 4 aromatic rings. The number of piperidine rings is 1. The maximum absolute atomic E-state index is 13.2. The molecular weight excluding hydrogens is 493 g/mol. The maximum atomic E-state index is 13.2. The third-order valence-electron chi connectivity index (χ3n) is 6.30. The molecule has 1 aliphatic rings. The summed E-state index contributed by atoms with van der Waals surface area (Å²) in [5, 5.41) is 33.0. The monoisotopic (exact) mass is 515 g/mol. The predicted molar refractivity (Wildman–Crippen MR) is 126 cm³/mol. The molecule has 1 atom stereocenters. The molecule has 11 nitrogen and oxygen atoms in total. The van der Waals surface area contributed by atoms with E-state index in [0.29, 0.717) is 53.5 Å². The van der Waals surface area contributed by atoms with Crippen molar-refractivity contribution in [2.45, 2.75) is 31.9 Å². The first-order valence-electron chi connectivity index (χ1n) is 11.3. The van der Waals surface area contributed by atoms with Crippen LogP contribution in [0.15, 0.2) is 36.8 Å². The minimum atomic E-state index is -1.09. The van der Waals surface area contributed by atoms with Gasteiger partial charge in [0.15, 0.2) is 0 Å². The van der Waals surface area contributed by atoms with Gasteiger partial charge in [0.2, 0.25) is 0 Å². The molecule has 2 N–H and O–H groups in total. The average Bonchev–Trinajstić information content (AvgIpc) is 3.45. The molecule has 0 aromatic carbocycles. The Labute approximate surface area is 209 Å². The number of carboxylic acid groups (broad SMARTS) is 1. The van der Waals surface area contributed by atoms with Crippen LogP contribution in [0.5, 0.6) is 5.75 Å². The highest BCUT2D eigenvalue weighted by Gasteiger charge is 2.26. The van der Waals surface area contributed by atoms with Gasteiger partial charge in [-0.05, 0) is 38.0 Å². The predicted octanol–water partition coefficient (Wildman–Crippen LogP) is 3.52. The highest BCUT2D eigenvalue weighted by atomic mass is 35.5. The third kappa shape index (κ3) is 4.56. The van der Waals surface area contributed by atoms with E-state index in [-0.39, 0.29) is 18.3 Å². The number of amides is 1. The lowest BCUT2D eigenvalue weighted by Crippen LogP contribution is -2.38. The molecule has 5 heterocycles. The van der Waals surface area contributed by atoms with Crippen molar-refractivity contribution in [3.05, 3.63) is 59.0 Å². The van der Waals surface area contributed by atoms with Crippen LogP contribution in [0.25, 0.3) is 16.8 Å². The number of pyridine rings is 2. The minimum Gasteiger partial charge on any atom is -0.488 e. The quantitative estimate of drug-likeness (QED) is 0.399. The van der Waals surface area contributed by atoms with Crippen LogP contribution in [-0.4, -0.2) is 70.5 Å². The minimum absolute atomic E-state index is 0.0406. The Morgan fingerprint density at radius 2 is 2.08 bits per heavy atom. The van der Waals surface area contributed by atoms with Gasteiger partial charge in [-0.1, -0.05) is 16.8 Å². The summed E-state index contributed by atoms with van der Waals surface area (Å²) in [4.78, 5) is 16.5. The smallest absolute Gasteiger partial charge is 0.407 e. The van der Waals surface area contributed by atoms with Crippen LogP contribution in [0.4, 0.5) is 9.18 Å². The van der Waals surface area contributed by atoms with E-state index in [4.69, 9.17) is 16.3 Å². The van der Waals surface area contributed by atoms with Crippen LogP contribution in [0.1, 0.15) is 36.4 Å². The summed E-state index contributed by atoms with van der Waals surface area (Å²) < 4.78 is 22.5. The van der Waals surface area contributed by atoms with Gasteiger partial charge in [-0.2, -0.15) is 5.10 Å². The molecule has 1 unspecified atom stereocenters. The van der Waals surface area contributed by atoms with Crippen LogP contribution >= 0.6 is 11.6 Å².